The lowest BCUT2D eigenvalue weighted by molar-refractivity contribution is -0.149. The van der Waals surface area contributed by atoms with Gasteiger partial charge in [-0.05, 0) is 23.1 Å². The molecule has 0 aliphatic heterocycles. The first-order valence-corrected chi connectivity index (χ1v) is 13.0. The molecule has 41 heavy (non-hydrogen) atoms. The van der Waals surface area contributed by atoms with Gasteiger partial charge in [-0.15, -0.1) is 22.7 Å². The number of hydrogen-bond donors (Lipinski definition) is 2. The van der Waals surface area contributed by atoms with Crippen molar-refractivity contribution in [2.75, 3.05) is 0 Å². The molecule has 0 aliphatic rings. The van der Waals surface area contributed by atoms with Crippen LogP contribution >= 0.6 is 22.7 Å². The normalized spacial score (nSPS) is 12.5. The van der Waals surface area contributed by atoms with Gasteiger partial charge >= 0.3 is 17.8 Å². The van der Waals surface area contributed by atoms with E-state index in [1.165, 1.54) is 24.0 Å². The maximum Gasteiger partial charge on any atom is 0.422 e. The van der Waals surface area contributed by atoms with E-state index in [2.05, 4.69) is 4.99 Å². The Hall–Kier alpha value is -4.00. The Bertz CT molecular complexity index is 1880. The molecule has 3 heterocycles. The first-order valence-electron chi connectivity index (χ1n) is 11.3. The average Bonchev–Trinajstić information content (AvgIpc) is 3.48. The number of thiophene rings is 1. The van der Waals surface area contributed by atoms with Gasteiger partial charge in [0.25, 0.3) is 11.5 Å². The standard InChI is InChI=1S/C23H19F5N6O5S2/c1-32-18(36)14-9(6-40-19(14)33(2)22(32)38)5-13(35)31-21-34(8-39-20(37)17(29)30)12(7-41-21)10-3-4-11(24)15(16(10)25)23(26,27)28/h3-4,6-7,17H,5,8,29-30H2,1-2H3. The van der Waals surface area contributed by atoms with E-state index in [0.717, 1.165) is 31.9 Å². The number of fused-ring (bicyclic) bond motifs is 1. The van der Waals surface area contributed by atoms with Crippen molar-refractivity contribution in [2.45, 2.75) is 25.5 Å². The van der Waals surface area contributed by atoms with Crippen molar-refractivity contribution < 1.29 is 36.3 Å². The van der Waals surface area contributed by atoms with Gasteiger partial charge in [0, 0.05) is 25.0 Å². The second-order valence-corrected chi connectivity index (χ2v) is 10.3. The van der Waals surface area contributed by atoms with Crippen LogP contribution in [-0.4, -0.2) is 31.7 Å². The summed E-state index contributed by atoms with van der Waals surface area (Å²) in [5.41, 5.74) is 6.41. The van der Waals surface area contributed by atoms with E-state index in [1.807, 2.05) is 0 Å². The number of aromatic nitrogens is 3. The van der Waals surface area contributed by atoms with Crippen molar-refractivity contribution in [1.29, 1.82) is 0 Å². The number of carbonyl (C=O) groups is 2. The fraction of sp³-hybridized carbons (Fsp3) is 0.261. The molecule has 0 spiro atoms. The number of nitrogens with two attached hydrogens (primary N) is 2. The van der Waals surface area contributed by atoms with Crippen LogP contribution in [0.2, 0.25) is 0 Å². The number of nitrogens with zero attached hydrogens (tertiary/aromatic N) is 4. The van der Waals surface area contributed by atoms with E-state index in [9.17, 15) is 41.1 Å². The van der Waals surface area contributed by atoms with Crippen molar-refractivity contribution in [3.63, 3.8) is 0 Å². The number of amides is 1. The van der Waals surface area contributed by atoms with Gasteiger partial charge in [-0.3, -0.25) is 23.3 Å². The summed E-state index contributed by atoms with van der Waals surface area (Å²) in [5, 5.41) is 2.76. The number of esters is 1. The molecule has 11 nitrogen and oxygen atoms in total. The fourth-order valence-corrected chi connectivity index (χ4v) is 5.79. The molecule has 1 aromatic carbocycles. The lowest BCUT2D eigenvalue weighted by atomic mass is 10.1. The number of benzene rings is 1. The number of alkyl halides is 3. The molecular formula is C23H19F5N6O5S2. The molecule has 218 valence electrons. The summed E-state index contributed by atoms with van der Waals surface area (Å²) in [7, 11) is 2.74. The maximum atomic E-state index is 15.0. The Morgan fingerprint density at radius 1 is 1.07 bits per heavy atom. The zero-order chi connectivity index (χ0) is 30.4. The highest BCUT2D eigenvalue weighted by atomic mass is 32.1. The molecule has 0 fully saturated rings. The minimum absolute atomic E-state index is 0.127. The summed E-state index contributed by atoms with van der Waals surface area (Å²) in [6.07, 6.45) is -7.36. The van der Waals surface area contributed by atoms with Crippen LogP contribution in [0.1, 0.15) is 11.1 Å². The molecule has 18 heteroatoms. The molecule has 0 atom stereocenters. The number of thiazole rings is 1. The van der Waals surface area contributed by atoms with Crippen molar-refractivity contribution in [3.05, 3.63) is 71.3 Å². The summed E-state index contributed by atoms with van der Waals surface area (Å²) in [5.74, 6) is -5.74. The van der Waals surface area contributed by atoms with Gasteiger partial charge in [0.05, 0.1) is 17.5 Å². The molecule has 3 aromatic heterocycles. The van der Waals surface area contributed by atoms with Crippen LogP contribution in [0.25, 0.3) is 21.5 Å². The molecule has 0 saturated heterocycles. The number of carbonyl (C=O) groups excluding carboxylic acids is 2. The molecule has 0 aliphatic carbocycles. The second kappa shape index (κ2) is 11.1. The van der Waals surface area contributed by atoms with E-state index in [0.29, 0.717) is 22.2 Å². The van der Waals surface area contributed by atoms with Crippen LogP contribution < -0.4 is 27.5 Å². The van der Waals surface area contributed by atoms with Crippen molar-refractivity contribution in [2.24, 2.45) is 30.6 Å². The molecular weight excluding hydrogens is 599 g/mol. The number of aryl methyl sites for hydroxylation is 1. The third-order valence-electron chi connectivity index (χ3n) is 5.86. The second-order valence-electron chi connectivity index (χ2n) is 8.56. The van der Waals surface area contributed by atoms with Gasteiger partial charge in [0.15, 0.2) is 17.7 Å². The Kier molecular flexibility index (Phi) is 8.12. The zero-order valence-electron chi connectivity index (χ0n) is 21.0. The van der Waals surface area contributed by atoms with E-state index in [4.69, 9.17) is 16.2 Å². The Balaban J connectivity index is 1.81. The molecule has 1 amide bonds. The lowest BCUT2D eigenvalue weighted by Gasteiger charge is -2.15. The molecule has 0 saturated carbocycles. The molecule has 4 aromatic rings. The molecule has 0 bridgehead atoms. The molecule has 0 unspecified atom stereocenters. The lowest BCUT2D eigenvalue weighted by Crippen LogP contribution is -2.41. The summed E-state index contributed by atoms with van der Waals surface area (Å²) < 4.78 is 76.8. The van der Waals surface area contributed by atoms with Crippen LogP contribution in [0.4, 0.5) is 22.0 Å². The highest BCUT2D eigenvalue weighted by Gasteiger charge is 2.39. The van der Waals surface area contributed by atoms with Crippen LogP contribution in [0.15, 0.2) is 37.5 Å². The third-order valence-corrected chi connectivity index (χ3v) is 7.83. The quantitative estimate of drug-likeness (QED) is 0.189. The number of halogens is 5. The van der Waals surface area contributed by atoms with Gasteiger partial charge in [0.1, 0.15) is 22.0 Å². The largest absolute Gasteiger partial charge is 0.442 e. The highest BCUT2D eigenvalue weighted by Crippen LogP contribution is 2.37. The van der Waals surface area contributed by atoms with Gasteiger partial charge in [-0.2, -0.15) is 18.2 Å². The molecule has 4 N–H and O–H groups in total. The van der Waals surface area contributed by atoms with Crippen LogP contribution in [0.5, 0.6) is 0 Å². The summed E-state index contributed by atoms with van der Waals surface area (Å²) in [4.78, 5) is 53.7. The Labute approximate surface area is 233 Å². The molecule has 4 rings (SSSR count). The number of rotatable bonds is 6. The van der Waals surface area contributed by atoms with Gasteiger partial charge < -0.3 is 16.2 Å². The van der Waals surface area contributed by atoms with Crippen LogP contribution in [0, 0.1) is 11.6 Å². The average molecular weight is 619 g/mol. The predicted octanol–water partition coefficient (Wildman–Crippen LogP) is 1.54. The van der Waals surface area contributed by atoms with E-state index < -0.39 is 71.4 Å². The third kappa shape index (κ3) is 5.63. The van der Waals surface area contributed by atoms with Crippen molar-refractivity contribution >= 4 is 44.8 Å². The highest BCUT2D eigenvalue weighted by molar-refractivity contribution is 7.17. The first-order chi connectivity index (χ1) is 19.1. The Morgan fingerprint density at radius 2 is 1.76 bits per heavy atom. The number of ether oxygens (including phenoxy) is 1. The Morgan fingerprint density at radius 3 is 2.39 bits per heavy atom. The summed E-state index contributed by atoms with van der Waals surface area (Å²) >= 11 is 1.74. The predicted molar refractivity (Wildman–Crippen MR) is 137 cm³/mol. The van der Waals surface area contributed by atoms with Crippen molar-refractivity contribution in [3.8, 4) is 11.3 Å². The monoisotopic (exact) mass is 618 g/mol. The number of hydrogen-bond acceptors (Lipinski definition) is 9. The van der Waals surface area contributed by atoms with Gasteiger partial charge in [-0.25, -0.2) is 18.4 Å². The van der Waals surface area contributed by atoms with Crippen LogP contribution in [-0.2, 0) is 47.7 Å². The van der Waals surface area contributed by atoms with E-state index >= 15 is 0 Å². The zero-order valence-corrected chi connectivity index (χ0v) is 22.6. The summed E-state index contributed by atoms with van der Waals surface area (Å²) in [6.45, 7) is -0.795. The minimum atomic E-state index is -5.36. The van der Waals surface area contributed by atoms with E-state index in [-0.39, 0.29) is 21.4 Å². The van der Waals surface area contributed by atoms with Gasteiger partial charge in [0.2, 0.25) is 0 Å². The fourth-order valence-electron chi connectivity index (χ4n) is 3.86. The molecule has 0 radical (unpaired) electrons. The minimum Gasteiger partial charge on any atom is -0.442 e. The van der Waals surface area contributed by atoms with Crippen LogP contribution in [0.3, 0.4) is 0 Å². The van der Waals surface area contributed by atoms with Gasteiger partial charge in [-0.1, -0.05) is 0 Å². The SMILES string of the molecule is Cn1c(=O)c2c(CC(=O)N=c3scc(-c4ccc(F)c(C(F)(F)F)c4F)n3COC(=O)C(N)N)csc2n(C)c1=O. The smallest absolute Gasteiger partial charge is 0.422 e. The topological polar surface area (TPSA) is 157 Å². The van der Waals surface area contributed by atoms with E-state index in [1.54, 1.807) is 0 Å². The first kappa shape index (κ1) is 30.0. The maximum absolute atomic E-state index is 15.0. The van der Waals surface area contributed by atoms with Crippen molar-refractivity contribution in [1.82, 2.24) is 13.7 Å². The summed E-state index contributed by atoms with van der Waals surface area (Å²) in [6, 6.07) is 1.17.